The monoisotopic (exact) mass is 340 g/mol. The van der Waals surface area contributed by atoms with Crippen LogP contribution in [-0.2, 0) is 23.0 Å². The zero-order valence-electron chi connectivity index (χ0n) is 11.6. The maximum atomic E-state index is 12.7. The van der Waals surface area contributed by atoms with Crippen molar-refractivity contribution in [3.05, 3.63) is 29.3 Å². The van der Waals surface area contributed by atoms with Gasteiger partial charge in [-0.3, -0.25) is 0 Å². The first-order valence-corrected chi connectivity index (χ1v) is 8.05. The molecule has 0 aliphatic carbocycles. The van der Waals surface area contributed by atoms with Crippen molar-refractivity contribution in [2.45, 2.75) is 43.7 Å². The quantitative estimate of drug-likeness (QED) is 0.862. The van der Waals surface area contributed by atoms with Crippen molar-refractivity contribution in [3.63, 3.8) is 0 Å². The molecular weight excluding hydrogens is 322 g/mol. The standard InChI is InChI=1S/C13H18F2N2O2S.ClH/c1-2-5-17-20(18,19)11-4-3-9-7-12(13(14)15)16-8-10(9)6-11;/h3-4,6,12-13,16-17H,2,5,7-8H2,1H3;1H. The molecule has 8 heteroatoms. The van der Waals surface area contributed by atoms with Crippen molar-refractivity contribution in [2.24, 2.45) is 0 Å². The van der Waals surface area contributed by atoms with E-state index in [1.165, 1.54) is 6.07 Å². The molecule has 0 saturated carbocycles. The van der Waals surface area contributed by atoms with Crippen LogP contribution in [0.25, 0.3) is 0 Å². The van der Waals surface area contributed by atoms with Crippen LogP contribution in [0.2, 0.25) is 0 Å². The lowest BCUT2D eigenvalue weighted by molar-refractivity contribution is 0.0941. The lowest BCUT2D eigenvalue weighted by atomic mass is 9.96. The predicted octanol–water partition coefficient (Wildman–Crippen LogP) is 2.08. The van der Waals surface area contributed by atoms with E-state index in [0.717, 1.165) is 11.1 Å². The second kappa shape index (κ2) is 7.49. The van der Waals surface area contributed by atoms with Crippen molar-refractivity contribution in [1.29, 1.82) is 0 Å². The molecule has 0 amide bonds. The summed E-state index contributed by atoms with van der Waals surface area (Å²) in [4.78, 5) is 0.182. The number of sulfonamides is 1. The first kappa shape index (κ1) is 18.3. The van der Waals surface area contributed by atoms with E-state index in [4.69, 9.17) is 0 Å². The third-order valence-electron chi connectivity index (χ3n) is 3.33. The smallest absolute Gasteiger partial charge is 0.254 e. The molecule has 1 aliphatic heterocycles. The largest absolute Gasteiger partial charge is 0.304 e. The zero-order valence-corrected chi connectivity index (χ0v) is 13.2. The summed E-state index contributed by atoms with van der Waals surface area (Å²) in [5.74, 6) is 0. The molecule has 1 atom stereocenters. The topological polar surface area (TPSA) is 58.2 Å². The molecule has 2 rings (SSSR count). The van der Waals surface area contributed by atoms with E-state index in [2.05, 4.69) is 10.0 Å². The summed E-state index contributed by atoms with van der Waals surface area (Å²) in [5, 5.41) is 2.73. The van der Waals surface area contributed by atoms with Crippen LogP contribution in [0, 0.1) is 0 Å². The van der Waals surface area contributed by atoms with Gasteiger partial charge in [0.15, 0.2) is 0 Å². The second-order valence-corrected chi connectivity index (χ2v) is 6.62. The normalized spacial score (nSPS) is 18.2. The van der Waals surface area contributed by atoms with Gasteiger partial charge in [0, 0.05) is 13.1 Å². The SMILES string of the molecule is CCCNS(=O)(=O)c1ccc2c(c1)CNC(C(F)F)C2.Cl. The van der Waals surface area contributed by atoms with Crippen LogP contribution >= 0.6 is 12.4 Å². The summed E-state index contributed by atoms with van der Waals surface area (Å²) >= 11 is 0. The Morgan fingerprint density at radius 1 is 1.38 bits per heavy atom. The van der Waals surface area contributed by atoms with E-state index in [1.54, 1.807) is 12.1 Å². The van der Waals surface area contributed by atoms with Crippen LogP contribution in [0.1, 0.15) is 24.5 Å². The number of hydrogen-bond donors (Lipinski definition) is 2. The van der Waals surface area contributed by atoms with Gasteiger partial charge in [0.25, 0.3) is 6.43 Å². The average Bonchev–Trinajstić information content (AvgIpc) is 2.44. The number of fused-ring (bicyclic) bond motifs is 1. The predicted molar refractivity (Wildman–Crippen MR) is 79.5 cm³/mol. The van der Waals surface area contributed by atoms with Gasteiger partial charge >= 0.3 is 0 Å². The van der Waals surface area contributed by atoms with Gasteiger partial charge in [-0.2, -0.15) is 0 Å². The highest BCUT2D eigenvalue weighted by Gasteiger charge is 2.26. The van der Waals surface area contributed by atoms with Crippen LogP contribution < -0.4 is 10.0 Å². The Morgan fingerprint density at radius 3 is 2.71 bits per heavy atom. The van der Waals surface area contributed by atoms with E-state index in [1.807, 2.05) is 6.92 Å². The second-order valence-electron chi connectivity index (χ2n) is 4.85. The number of alkyl halides is 2. The Labute approximate surface area is 129 Å². The molecule has 1 aliphatic rings. The fourth-order valence-corrected chi connectivity index (χ4v) is 3.37. The van der Waals surface area contributed by atoms with Crippen LogP contribution in [0.5, 0.6) is 0 Å². The Morgan fingerprint density at radius 2 is 2.10 bits per heavy atom. The third kappa shape index (κ3) is 4.35. The molecule has 1 heterocycles. The molecule has 0 bridgehead atoms. The molecular formula is C13H19ClF2N2O2S. The Hall–Kier alpha value is -0.760. The van der Waals surface area contributed by atoms with Gasteiger partial charge in [-0.05, 0) is 36.1 Å². The number of rotatable bonds is 5. The van der Waals surface area contributed by atoms with Crippen LogP contribution in [0.15, 0.2) is 23.1 Å². The van der Waals surface area contributed by atoms with Gasteiger partial charge in [0.2, 0.25) is 10.0 Å². The lowest BCUT2D eigenvalue weighted by Gasteiger charge is -2.25. The maximum Gasteiger partial charge on any atom is 0.254 e. The first-order valence-electron chi connectivity index (χ1n) is 6.57. The summed E-state index contributed by atoms with van der Waals surface area (Å²) in [6.07, 6.45) is -1.49. The number of nitrogens with one attached hydrogen (secondary N) is 2. The number of benzene rings is 1. The molecule has 0 aromatic heterocycles. The molecule has 1 aromatic carbocycles. The molecule has 0 saturated heterocycles. The summed E-state index contributed by atoms with van der Waals surface area (Å²) in [6, 6.07) is 3.81. The zero-order chi connectivity index (χ0) is 14.8. The van der Waals surface area contributed by atoms with Crippen molar-refractivity contribution in [1.82, 2.24) is 10.0 Å². The molecule has 1 unspecified atom stereocenters. The number of hydrogen-bond acceptors (Lipinski definition) is 3. The van der Waals surface area contributed by atoms with Crippen molar-refractivity contribution < 1.29 is 17.2 Å². The molecule has 4 nitrogen and oxygen atoms in total. The van der Waals surface area contributed by atoms with Crippen molar-refractivity contribution in [2.75, 3.05) is 6.54 Å². The minimum Gasteiger partial charge on any atom is -0.304 e. The lowest BCUT2D eigenvalue weighted by Crippen LogP contribution is -2.40. The Bertz CT molecular complexity index is 582. The number of halogens is 3. The first-order chi connectivity index (χ1) is 9.44. The van der Waals surface area contributed by atoms with Crippen molar-refractivity contribution >= 4 is 22.4 Å². The summed E-state index contributed by atoms with van der Waals surface area (Å²) < 4.78 is 51.8. The fourth-order valence-electron chi connectivity index (χ4n) is 2.18. The molecule has 2 N–H and O–H groups in total. The van der Waals surface area contributed by atoms with E-state index >= 15 is 0 Å². The highest BCUT2D eigenvalue weighted by atomic mass is 35.5. The molecule has 0 radical (unpaired) electrons. The average molecular weight is 341 g/mol. The molecule has 0 fully saturated rings. The maximum absolute atomic E-state index is 12.7. The minimum atomic E-state index is -3.51. The minimum absolute atomic E-state index is 0. The van der Waals surface area contributed by atoms with Gasteiger partial charge in [0.1, 0.15) is 0 Å². The van der Waals surface area contributed by atoms with Gasteiger partial charge < -0.3 is 5.32 Å². The summed E-state index contributed by atoms with van der Waals surface area (Å²) in [6.45, 7) is 2.52. The molecule has 0 spiro atoms. The Kier molecular flexibility index (Phi) is 6.52. The van der Waals surface area contributed by atoms with Crippen LogP contribution in [-0.4, -0.2) is 27.4 Å². The molecule has 1 aromatic rings. The van der Waals surface area contributed by atoms with E-state index in [0.29, 0.717) is 13.0 Å². The third-order valence-corrected chi connectivity index (χ3v) is 4.79. The van der Waals surface area contributed by atoms with E-state index in [9.17, 15) is 17.2 Å². The highest BCUT2D eigenvalue weighted by molar-refractivity contribution is 7.89. The van der Waals surface area contributed by atoms with Gasteiger partial charge in [-0.1, -0.05) is 13.0 Å². The van der Waals surface area contributed by atoms with E-state index < -0.39 is 22.5 Å². The van der Waals surface area contributed by atoms with Gasteiger partial charge in [-0.15, -0.1) is 12.4 Å². The molecule has 21 heavy (non-hydrogen) atoms. The highest BCUT2D eigenvalue weighted by Crippen LogP contribution is 2.23. The van der Waals surface area contributed by atoms with Crippen LogP contribution in [0.4, 0.5) is 8.78 Å². The van der Waals surface area contributed by atoms with Crippen LogP contribution in [0.3, 0.4) is 0 Å². The Balaban J connectivity index is 0.00000220. The molecule has 120 valence electrons. The fraction of sp³-hybridized carbons (Fsp3) is 0.538. The van der Waals surface area contributed by atoms with Gasteiger partial charge in [0.05, 0.1) is 10.9 Å². The van der Waals surface area contributed by atoms with Crippen molar-refractivity contribution in [3.8, 4) is 0 Å². The van der Waals surface area contributed by atoms with Gasteiger partial charge in [-0.25, -0.2) is 21.9 Å². The van der Waals surface area contributed by atoms with E-state index in [-0.39, 0.29) is 30.3 Å². The summed E-state index contributed by atoms with van der Waals surface area (Å²) in [5.41, 5.74) is 1.55. The summed E-state index contributed by atoms with van der Waals surface area (Å²) in [7, 11) is -3.51.